The molecule has 16 heterocycles. The Bertz CT molecular complexity index is 6390. The molecule has 2 aromatic carbocycles. The lowest BCUT2D eigenvalue weighted by atomic mass is 9.91. The molecule has 0 aliphatic carbocycles. The number of aliphatic hydroxyl groups is 1. The first-order valence-electron chi connectivity index (χ1n) is 42.9. The van der Waals surface area contributed by atoms with Crippen molar-refractivity contribution in [2.24, 2.45) is 0 Å². The molecule has 0 spiro atoms. The second-order valence-electron chi connectivity index (χ2n) is 32.6. The van der Waals surface area contributed by atoms with Crippen molar-refractivity contribution in [3.05, 3.63) is 240 Å². The number of anilines is 3. The quantitative estimate of drug-likeness (QED) is 0.0762. The third kappa shape index (κ3) is 19.0. The zero-order valence-corrected chi connectivity index (χ0v) is 72.9. The molecule has 12 aromatic heterocycles. The summed E-state index contributed by atoms with van der Waals surface area (Å²) < 4.78 is 32.0. The highest BCUT2D eigenvalue weighted by Gasteiger charge is 2.28. The maximum absolute atomic E-state index is 13.1. The smallest absolute Gasteiger partial charge is 0.258 e. The number of fused-ring (bicyclic) bond motifs is 6. The molecule has 4 aliphatic rings. The monoisotopic (exact) mass is 1660 g/mol. The van der Waals surface area contributed by atoms with Crippen LogP contribution in [0.2, 0.25) is 0 Å². The van der Waals surface area contributed by atoms with Gasteiger partial charge in [-0.15, -0.1) is 0 Å². The summed E-state index contributed by atoms with van der Waals surface area (Å²) in [6, 6.07) is 39.3. The Balaban J connectivity index is 0.000000127. The summed E-state index contributed by atoms with van der Waals surface area (Å²) >= 11 is 0. The van der Waals surface area contributed by atoms with Crippen molar-refractivity contribution in [1.29, 1.82) is 0 Å². The number of hydrogen-bond acceptors (Lipinski definition) is 22. The molecule has 4 aliphatic heterocycles. The van der Waals surface area contributed by atoms with Crippen LogP contribution >= 0.6 is 0 Å². The summed E-state index contributed by atoms with van der Waals surface area (Å²) in [5.74, 6) is 2.99. The Labute approximate surface area is 715 Å². The number of likely N-dealkylation sites (tertiary alicyclic amines) is 1. The van der Waals surface area contributed by atoms with E-state index in [1.807, 2.05) is 152 Å². The van der Waals surface area contributed by atoms with Crippen LogP contribution in [0.15, 0.2) is 190 Å². The van der Waals surface area contributed by atoms with Gasteiger partial charge in [0.25, 0.3) is 22.2 Å². The standard InChI is InChI=1S/C25H30N6O.C25H32N4O4.C23H28N4O3.C22H23N5O/c1-4-28(5-2)20-10-12-29(13-11-20)21-7-9-24-27-22(14-25(32)31(24)17-21)19-6-8-23-26-18(3)15-30(23)16-19;1-17-13-20(28-9-7-19(8-10-28)27(2)11-12-30)16-29-24(31)15-21(26-25(17)29)18-5-6-22(32-3)23(14-18)33-4;1-5-16-10-18(26-9-8-24-15(2)13-26)14-27-22(28)12-19(25-23(16)27)17-6-7-20(29-3)21(11-17)30-4;1-15-12-26-13-18(4-5-20(26)23-15)19-11-22(28)27-14-17(3-6-21(27)24-19)16-7-9-25(2)10-8-16/h6-9,14-17,20H,4-5,10-13H2,1-3H3;5-6,13-16,19,30H,7-12H2,1-4H3;6-7,10-12,14-15,24H,5,8-9,13H2,1-4H3;3-6,11-14,16H,7-10H2,1-2H3/t;;15-;/m..1./s1. The molecule has 28 heteroatoms. The van der Waals surface area contributed by atoms with Crippen LogP contribution in [-0.4, -0.2) is 222 Å². The van der Waals surface area contributed by atoms with E-state index >= 15 is 0 Å². The van der Waals surface area contributed by atoms with E-state index in [9.17, 15) is 24.3 Å². The van der Waals surface area contributed by atoms with Crippen molar-refractivity contribution in [3.8, 4) is 68.0 Å². The number of piperazine rings is 1. The van der Waals surface area contributed by atoms with Gasteiger partial charge in [-0.1, -0.05) is 26.8 Å². The van der Waals surface area contributed by atoms with Gasteiger partial charge in [0.15, 0.2) is 23.0 Å². The minimum atomic E-state index is -0.118. The van der Waals surface area contributed by atoms with E-state index in [4.69, 9.17) is 38.9 Å². The summed E-state index contributed by atoms with van der Waals surface area (Å²) in [4.78, 5) is 94.2. The number of piperidine rings is 3. The predicted molar refractivity (Wildman–Crippen MR) is 487 cm³/mol. The van der Waals surface area contributed by atoms with Gasteiger partial charge in [0.2, 0.25) is 0 Å². The van der Waals surface area contributed by atoms with Gasteiger partial charge >= 0.3 is 0 Å². The Morgan fingerprint density at radius 3 is 1.43 bits per heavy atom. The highest BCUT2D eigenvalue weighted by atomic mass is 16.5. The number of aryl methyl sites for hydroxylation is 4. The molecule has 1 atom stereocenters. The molecular formula is C95H113N19O9. The van der Waals surface area contributed by atoms with E-state index in [1.165, 1.54) is 5.56 Å². The predicted octanol–water partition coefficient (Wildman–Crippen LogP) is 12.1. The van der Waals surface area contributed by atoms with Gasteiger partial charge in [-0.05, 0) is 227 Å². The van der Waals surface area contributed by atoms with Gasteiger partial charge in [-0.25, -0.2) is 29.9 Å². The number of aliphatic hydroxyl groups excluding tert-OH is 1. The number of nitrogens with one attached hydrogen (secondary N) is 1. The molecule has 0 amide bonds. The normalized spacial score (nSPS) is 15.7. The number of ether oxygens (including phenoxy) is 4. The SMILES string of the molecule is CCN(CC)C1CCN(c2ccc3nc(-c4ccc5nc(C)cn5c4)cc(=O)n3c2)CC1.CCc1cc(N2CCN[C@H](C)C2)cn2c(=O)cc(-c3ccc(OC)c(OC)c3)nc12.COc1ccc(-c2cc(=O)n3cc(N4CCC(N(C)CCO)CC4)cc(C)c3n2)cc1OC.Cc1cn2cc(-c3cc(=O)n4cc(C5CCN(C)CC5)ccc4n3)ccc2n1. The van der Waals surface area contributed by atoms with Crippen molar-refractivity contribution < 1.29 is 24.1 Å². The molecule has 0 radical (unpaired) electrons. The van der Waals surface area contributed by atoms with Gasteiger partial charge in [-0.3, -0.25) is 36.8 Å². The summed E-state index contributed by atoms with van der Waals surface area (Å²) in [6.45, 7) is 26.6. The number of aromatic nitrogens is 12. The zero-order valence-electron chi connectivity index (χ0n) is 72.9. The van der Waals surface area contributed by atoms with Crippen LogP contribution in [0.3, 0.4) is 0 Å². The summed E-state index contributed by atoms with van der Waals surface area (Å²) in [5.41, 5.74) is 18.5. The van der Waals surface area contributed by atoms with E-state index in [1.54, 1.807) is 70.3 Å². The van der Waals surface area contributed by atoms with Crippen LogP contribution < -0.4 is 61.2 Å². The number of methoxy groups -OCH3 is 4. The average Bonchev–Trinajstić information content (AvgIpc) is 1.30. The van der Waals surface area contributed by atoms with E-state index in [-0.39, 0.29) is 28.8 Å². The van der Waals surface area contributed by atoms with Crippen LogP contribution in [0, 0.1) is 20.8 Å². The number of hydrogen-bond donors (Lipinski definition) is 2. The largest absolute Gasteiger partial charge is 0.493 e. The van der Waals surface area contributed by atoms with Crippen LogP contribution in [-0.2, 0) is 6.42 Å². The molecule has 4 saturated heterocycles. The molecule has 0 bridgehead atoms. The Hall–Kier alpha value is -12.3. The molecule has 14 aromatic rings. The molecule has 0 saturated carbocycles. The summed E-state index contributed by atoms with van der Waals surface area (Å²) in [5, 5.41) is 12.7. The van der Waals surface area contributed by atoms with Gasteiger partial charge in [0.05, 0.1) is 86.3 Å². The summed E-state index contributed by atoms with van der Waals surface area (Å²) in [7, 11) is 10.6. The maximum Gasteiger partial charge on any atom is 0.258 e. The molecule has 28 nitrogen and oxygen atoms in total. The van der Waals surface area contributed by atoms with Crippen LogP contribution in [0.1, 0.15) is 100 Å². The fourth-order valence-corrected chi connectivity index (χ4v) is 17.6. The molecule has 18 rings (SSSR count). The first-order valence-corrected chi connectivity index (χ1v) is 42.9. The molecule has 642 valence electrons. The van der Waals surface area contributed by atoms with Gasteiger partial charge in [0, 0.05) is 167 Å². The van der Waals surface area contributed by atoms with Gasteiger partial charge in [-0.2, -0.15) is 0 Å². The molecule has 0 unspecified atom stereocenters. The number of imidazole rings is 2. The van der Waals surface area contributed by atoms with Crippen molar-refractivity contribution in [2.75, 3.05) is 142 Å². The van der Waals surface area contributed by atoms with Crippen molar-refractivity contribution in [1.82, 2.24) is 76.3 Å². The maximum atomic E-state index is 13.1. The lowest BCUT2D eigenvalue weighted by molar-refractivity contribution is 0.162. The minimum Gasteiger partial charge on any atom is -0.493 e. The fourth-order valence-electron chi connectivity index (χ4n) is 17.6. The van der Waals surface area contributed by atoms with Crippen molar-refractivity contribution in [2.45, 2.75) is 117 Å². The number of likely N-dealkylation sites (N-methyl/N-ethyl adjacent to an activating group) is 1. The van der Waals surface area contributed by atoms with Crippen molar-refractivity contribution in [3.63, 3.8) is 0 Å². The second kappa shape index (κ2) is 38.0. The van der Waals surface area contributed by atoms with Gasteiger partial charge in [0.1, 0.15) is 33.9 Å². The Morgan fingerprint density at radius 2 is 0.911 bits per heavy atom. The fraction of sp³-hybridized carbons (Fsp3) is 0.389. The van der Waals surface area contributed by atoms with Crippen LogP contribution in [0.4, 0.5) is 17.1 Å². The van der Waals surface area contributed by atoms with E-state index in [0.29, 0.717) is 99.0 Å². The second-order valence-corrected chi connectivity index (χ2v) is 32.6. The highest BCUT2D eigenvalue weighted by molar-refractivity contribution is 5.71. The molecule has 2 N–H and O–H groups in total. The van der Waals surface area contributed by atoms with E-state index < -0.39 is 0 Å². The Kier molecular flexibility index (Phi) is 26.4. The minimum absolute atomic E-state index is 0.0447. The van der Waals surface area contributed by atoms with Crippen LogP contribution in [0.5, 0.6) is 23.0 Å². The number of rotatable bonds is 19. The lowest BCUT2D eigenvalue weighted by Crippen LogP contribution is -2.49. The molecule has 4 fully saturated rings. The number of benzene rings is 2. The first kappa shape index (κ1) is 85.6. The van der Waals surface area contributed by atoms with Crippen LogP contribution in [0.25, 0.3) is 78.9 Å². The van der Waals surface area contributed by atoms with Crippen molar-refractivity contribution >= 4 is 50.9 Å². The molecular weight excluding hydrogens is 1550 g/mol. The number of pyridine rings is 6. The first-order chi connectivity index (χ1) is 59.6. The third-order valence-electron chi connectivity index (χ3n) is 24.5. The van der Waals surface area contributed by atoms with E-state index in [2.05, 4.69) is 111 Å². The van der Waals surface area contributed by atoms with E-state index in [0.717, 1.165) is 190 Å². The lowest BCUT2D eigenvalue weighted by Gasteiger charge is -2.38. The average molecular weight is 1670 g/mol. The molecule has 123 heavy (non-hydrogen) atoms. The topological polar surface area (TPSA) is 261 Å². The highest BCUT2D eigenvalue weighted by Crippen LogP contribution is 2.36. The Morgan fingerprint density at radius 1 is 0.447 bits per heavy atom. The van der Waals surface area contributed by atoms with Gasteiger partial charge < -0.3 is 67.6 Å². The zero-order chi connectivity index (χ0) is 86.3. The number of nitrogens with zero attached hydrogens (tertiary/aromatic N) is 18. The third-order valence-corrected chi connectivity index (χ3v) is 24.5. The summed E-state index contributed by atoms with van der Waals surface area (Å²) in [6.07, 6.45) is 23.0.